The van der Waals surface area contributed by atoms with E-state index in [2.05, 4.69) is 0 Å². The van der Waals surface area contributed by atoms with E-state index in [9.17, 15) is 14.4 Å². The van der Waals surface area contributed by atoms with Gasteiger partial charge < -0.3 is 20.1 Å². The summed E-state index contributed by atoms with van der Waals surface area (Å²) in [5, 5.41) is 0. The molecule has 1 atom stereocenters. The Morgan fingerprint density at radius 2 is 1.67 bits per heavy atom. The highest BCUT2D eigenvalue weighted by molar-refractivity contribution is 5.92. The number of ether oxygens (including phenoxy) is 2. The van der Waals surface area contributed by atoms with Crippen molar-refractivity contribution in [2.45, 2.75) is 19.6 Å². The molecule has 0 bridgehead atoms. The fourth-order valence-electron chi connectivity index (χ4n) is 2.37. The number of esters is 1. The topological polar surface area (TPSA) is 98.9 Å². The zero-order valence-corrected chi connectivity index (χ0v) is 15.3. The van der Waals surface area contributed by atoms with Crippen molar-refractivity contribution in [3.8, 4) is 5.75 Å². The van der Waals surface area contributed by atoms with Gasteiger partial charge in [0, 0.05) is 13.6 Å². The maximum atomic E-state index is 12.4. The van der Waals surface area contributed by atoms with Crippen LogP contribution in [0.1, 0.15) is 22.8 Å². The number of hydrogen-bond acceptors (Lipinski definition) is 5. The molecule has 0 aliphatic heterocycles. The van der Waals surface area contributed by atoms with E-state index in [0.717, 1.165) is 5.56 Å². The molecule has 0 radical (unpaired) electrons. The highest BCUT2D eigenvalue weighted by Crippen LogP contribution is 2.14. The van der Waals surface area contributed by atoms with E-state index >= 15 is 0 Å². The van der Waals surface area contributed by atoms with Gasteiger partial charge in [-0.05, 0) is 36.8 Å². The monoisotopic (exact) mass is 370 g/mol. The molecule has 2 aromatic rings. The molecule has 2 amide bonds. The van der Waals surface area contributed by atoms with Crippen LogP contribution in [0, 0.1) is 0 Å². The van der Waals surface area contributed by atoms with E-state index < -0.39 is 18.0 Å². The van der Waals surface area contributed by atoms with Crippen molar-refractivity contribution < 1.29 is 23.9 Å². The summed E-state index contributed by atoms with van der Waals surface area (Å²) in [6.45, 7) is 1.71. The first-order valence-electron chi connectivity index (χ1n) is 8.38. The molecular formula is C20H22N2O5. The maximum absolute atomic E-state index is 12.4. The highest BCUT2D eigenvalue weighted by atomic mass is 16.5. The lowest BCUT2D eigenvalue weighted by Gasteiger charge is -2.21. The molecule has 142 valence electrons. The van der Waals surface area contributed by atoms with Crippen LogP contribution in [-0.4, -0.2) is 42.4 Å². The summed E-state index contributed by atoms with van der Waals surface area (Å²) in [5.41, 5.74) is 6.26. The molecular weight excluding hydrogens is 348 g/mol. The molecule has 2 aromatic carbocycles. The van der Waals surface area contributed by atoms with E-state index in [4.69, 9.17) is 15.2 Å². The number of hydrogen-bond donors (Lipinski definition) is 1. The third-order valence-electron chi connectivity index (χ3n) is 3.74. The molecule has 7 nitrogen and oxygen atoms in total. The largest absolute Gasteiger partial charge is 0.484 e. The number of rotatable bonds is 8. The molecule has 2 rings (SSSR count). The number of primary amides is 1. The molecule has 0 saturated carbocycles. The lowest BCUT2D eigenvalue weighted by Crippen LogP contribution is -2.37. The number of carbonyl (C=O) groups is 3. The van der Waals surface area contributed by atoms with Crippen LogP contribution in [0.25, 0.3) is 0 Å². The van der Waals surface area contributed by atoms with Crippen molar-refractivity contribution in [1.82, 2.24) is 4.90 Å². The number of likely N-dealkylation sites (N-methyl/N-ethyl adjacent to an activating group) is 1. The minimum Gasteiger partial charge on any atom is -0.484 e. The summed E-state index contributed by atoms with van der Waals surface area (Å²) in [5.74, 6) is -1.11. The zero-order valence-electron chi connectivity index (χ0n) is 15.3. The van der Waals surface area contributed by atoms with E-state index in [0.29, 0.717) is 12.3 Å². The molecule has 0 unspecified atom stereocenters. The number of amides is 2. The number of nitrogens with zero attached hydrogens (tertiary/aromatic N) is 1. The molecule has 0 aliphatic rings. The van der Waals surface area contributed by atoms with Crippen molar-refractivity contribution >= 4 is 17.8 Å². The molecule has 0 spiro atoms. The molecule has 0 aliphatic carbocycles. The Bertz CT molecular complexity index is 790. The van der Waals surface area contributed by atoms with Crippen molar-refractivity contribution in [3.63, 3.8) is 0 Å². The maximum Gasteiger partial charge on any atom is 0.338 e. The molecule has 27 heavy (non-hydrogen) atoms. The Morgan fingerprint density at radius 1 is 1.04 bits per heavy atom. The van der Waals surface area contributed by atoms with Gasteiger partial charge in [-0.2, -0.15) is 0 Å². The average molecular weight is 370 g/mol. The van der Waals surface area contributed by atoms with Gasteiger partial charge in [0.15, 0.2) is 12.7 Å². The number of nitrogens with two attached hydrogens (primary N) is 1. The molecule has 0 aromatic heterocycles. The molecule has 2 N–H and O–H groups in total. The van der Waals surface area contributed by atoms with Gasteiger partial charge in [-0.1, -0.05) is 30.3 Å². The van der Waals surface area contributed by atoms with Gasteiger partial charge in [0.1, 0.15) is 5.75 Å². The Labute approximate surface area is 157 Å². The lowest BCUT2D eigenvalue weighted by atomic mass is 10.2. The first kappa shape index (κ1) is 20.0. The van der Waals surface area contributed by atoms with Crippen LogP contribution in [0.5, 0.6) is 5.75 Å². The van der Waals surface area contributed by atoms with Crippen molar-refractivity contribution in [1.29, 1.82) is 0 Å². The minimum absolute atomic E-state index is 0.247. The molecule has 0 heterocycles. The second-order valence-electron chi connectivity index (χ2n) is 6.01. The van der Waals surface area contributed by atoms with Gasteiger partial charge in [0.05, 0.1) is 5.56 Å². The third kappa shape index (κ3) is 6.14. The second kappa shape index (κ2) is 9.38. The molecule has 7 heteroatoms. The van der Waals surface area contributed by atoms with E-state index in [-0.39, 0.29) is 18.1 Å². The predicted molar refractivity (Wildman–Crippen MR) is 98.9 cm³/mol. The molecule has 0 saturated heterocycles. The second-order valence-corrected chi connectivity index (χ2v) is 6.01. The first-order chi connectivity index (χ1) is 12.9. The zero-order chi connectivity index (χ0) is 19.8. The van der Waals surface area contributed by atoms with Crippen LogP contribution in [0.2, 0.25) is 0 Å². The fourth-order valence-corrected chi connectivity index (χ4v) is 2.37. The highest BCUT2D eigenvalue weighted by Gasteiger charge is 2.22. The van der Waals surface area contributed by atoms with Crippen LogP contribution >= 0.6 is 0 Å². The van der Waals surface area contributed by atoms with Crippen molar-refractivity contribution in [2.75, 3.05) is 13.7 Å². The summed E-state index contributed by atoms with van der Waals surface area (Å²) >= 11 is 0. The summed E-state index contributed by atoms with van der Waals surface area (Å²) in [6, 6.07) is 15.6. The predicted octanol–water partition coefficient (Wildman–Crippen LogP) is 1.75. The van der Waals surface area contributed by atoms with Crippen molar-refractivity contribution in [3.05, 3.63) is 65.7 Å². The number of benzene rings is 2. The van der Waals surface area contributed by atoms with E-state index in [1.54, 1.807) is 7.05 Å². The van der Waals surface area contributed by atoms with Crippen LogP contribution in [-0.2, 0) is 20.9 Å². The summed E-state index contributed by atoms with van der Waals surface area (Å²) in [4.78, 5) is 36.8. The van der Waals surface area contributed by atoms with Gasteiger partial charge in [-0.3, -0.25) is 9.59 Å². The summed E-state index contributed by atoms with van der Waals surface area (Å²) in [6.07, 6.45) is -0.919. The molecule has 0 fully saturated rings. The summed E-state index contributed by atoms with van der Waals surface area (Å²) in [7, 11) is 1.66. The smallest absolute Gasteiger partial charge is 0.338 e. The van der Waals surface area contributed by atoms with Crippen LogP contribution in [0.15, 0.2) is 54.6 Å². The first-order valence-corrected chi connectivity index (χ1v) is 8.38. The lowest BCUT2D eigenvalue weighted by molar-refractivity contribution is -0.139. The van der Waals surface area contributed by atoms with E-state index in [1.165, 1.54) is 36.1 Å². The number of carbonyl (C=O) groups excluding carboxylic acids is 3. The van der Waals surface area contributed by atoms with Gasteiger partial charge in [0.25, 0.3) is 11.8 Å². The minimum atomic E-state index is -0.919. The van der Waals surface area contributed by atoms with Gasteiger partial charge in [-0.25, -0.2) is 4.79 Å². The van der Waals surface area contributed by atoms with Gasteiger partial charge >= 0.3 is 5.97 Å². The summed E-state index contributed by atoms with van der Waals surface area (Å²) < 4.78 is 10.4. The SMILES string of the molecule is C[C@H](OC(=O)c1ccc(OCC(N)=O)cc1)C(=O)N(C)Cc1ccccc1. The van der Waals surface area contributed by atoms with Crippen LogP contribution in [0.3, 0.4) is 0 Å². The van der Waals surface area contributed by atoms with Gasteiger partial charge in [0.2, 0.25) is 0 Å². The Morgan fingerprint density at radius 3 is 2.26 bits per heavy atom. The van der Waals surface area contributed by atoms with Crippen molar-refractivity contribution in [2.24, 2.45) is 5.73 Å². The van der Waals surface area contributed by atoms with Gasteiger partial charge in [-0.15, -0.1) is 0 Å². The third-order valence-corrected chi connectivity index (χ3v) is 3.74. The average Bonchev–Trinajstić information content (AvgIpc) is 2.66. The Hall–Kier alpha value is -3.35. The van der Waals surface area contributed by atoms with Crippen LogP contribution < -0.4 is 10.5 Å². The fraction of sp³-hybridized carbons (Fsp3) is 0.250. The normalized spacial score (nSPS) is 11.3. The Balaban J connectivity index is 1.90. The van der Waals surface area contributed by atoms with Crippen LogP contribution in [0.4, 0.5) is 0 Å². The Kier molecular flexibility index (Phi) is 6.93. The van der Waals surface area contributed by atoms with E-state index in [1.807, 2.05) is 30.3 Å². The standard InChI is InChI=1S/C20H22N2O5/c1-14(19(24)22(2)12-15-6-4-3-5-7-15)27-20(25)16-8-10-17(11-9-16)26-13-18(21)23/h3-11,14H,12-13H2,1-2H3,(H2,21,23)/t14-/m0/s1. The quantitative estimate of drug-likeness (QED) is 0.714.